The molecule has 4 heterocycles. The summed E-state index contributed by atoms with van der Waals surface area (Å²) in [4.78, 5) is 34.0. The first kappa shape index (κ1) is 30.8. The summed E-state index contributed by atoms with van der Waals surface area (Å²) < 4.78 is 45.9. The zero-order valence-electron chi connectivity index (χ0n) is 23.3. The molecule has 0 aliphatic carbocycles. The molecule has 2 aromatic heterocycles. The number of benzene rings is 2. The van der Waals surface area contributed by atoms with E-state index in [0.29, 0.717) is 52.8 Å². The summed E-state index contributed by atoms with van der Waals surface area (Å²) in [5.41, 5.74) is 4.50. The number of nitrogen functional groups attached to an aromatic ring is 1. The molecule has 228 valence electrons. The highest BCUT2D eigenvalue weighted by atomic mass is 35.5. The van der Waals surface area contributed by atoms with Gasteiger partial charge in [0.25, 0.3) is 5.56 Å². The highest BCUT2D eigenvalue weighted by Gasteiger charge is 2.52. The number of fused-ring (bicyclic) bond motifs is 2. The lowest BCUT2D eigenvalue weighted by Gasteiger charge is -2.25. The summed E-state index contributed by atoms with van der Waals surface area (Å²) in [6, 6.07) is 10.5. The molecule has 0 saturated carbocycles. The Morgan fingerprint density at radius 1 is 1.19 bits per heavy atom. The number of nitrogens with zero attached hydrogens (tertiary/aromatic N) is 4. The monoisotopic (exact) mass is 635 g/mol. The van der Waals surface area contributed by atoms with E-state index in [1.165, 1.54) is 23.1 Å². The lowest BCUT2D eigenvalue weighted by Crippen LogP contribution is -2.38. The van der Waals surface area contributed by atoms with E-state index in [1.807, 2.05) is 17.0 Å². The van der Waals surface area contributed by atoms with E-state index in [4.69, 9.17) is 22.1 Å². The topological polar surface area (TPSA) is 124 Å². The number of carbonyl (C=O) groups is 1. The molecule has 2 aromatic carbocycles. The Morgan fingerprint density at radius 2 is 1.91 bits per heavy atom. The number of anilines is 1. The third-order valence-corrected chi connectivity index (χ3v) is 9.09. The van der Waals surface area contributed by atoms with Crippen LogP contribution < -0.4 is 11.3 Å². The Hall–Kier alpha value is -3.68. The van der Waals surface area contributed by atoms with E-state index in [2.05, 4.69) is 9.97 Å². The smallest absolute Gasteiger partial charge is 0.422 e. The lowest BCUT2D eigenvalue weighted by atomic mass is 10.0. The van der Waals surface area contributed by atoms with Gasteiger partial charge in [-0.15, -0.1) is 11.3 Å². The maximum absolute atomic E-state index is 13.2. The highest BCUT2D eigenvalue weighted by Crippen LogP contribution is 2.43. The van der Waals surface area contributed by atoms with Crippen LogP contribution in [0.15, 0.2) is 47.4 Å². The molecule has 43 heavy (non-hydrogen) atoms. The van der Waals surface area contributed by atoms with E-state index in [0.717, 1.165) is 31.1 Å². The summed E-state index contributed by atoms with van der Waals surface area (Å²) >= 11 is 6.59. The van der Waals surface area contributed by atoms with Gasteiger partial charge < -0.3 is 20.5 Å². The predicted octanol–water partition coefficient (Wildman–Crippen LogP) is 5.87. The van der Waals surface area contributed by atoms with Crippen molar-refractivity contribution >= 4 is 45.6 Å². The third-order valence-electron chi connectivity index (χ3n) is 7.60. The van der Waals surface area contributed by atoms with Crippen LogP contribution in [0.5, 0.6) is 0 Å². The molecule has 2 atom stereocenters. The molecule has 2 saturated heterocycles. The summed E-state index contributed by atoms with van der Waals surface area (Å²) in [6.45, 7) is 4.17. The third kappa shape index (κ3) is 6.20. The van der Waals surface area contributed by atoms with Gasteiger partial charge in [-0.1, -0.05) is 23.7 Å². The van der Waals surface area contributed by atoms with Crippen molar-refractivity contribution < 1.29 is 27.8 Å². The van der Waals surface area contributed by atoms with Gasteiger partial charge in [-0.25, -0.2) is 14.8 Å². The van der Waals surface area contributed by atoms with Crippen molar-refractivity contribution in [1.82, 2.24) is 19.4 Å². The normalized spacial score (nSPS) is 18.1. The number of amides is 1. The van der Waals surface area contributed by atoms with E-state index >= 15 is 0 Å². The van der Waals surface area contributed by atoms with Crippen molar-refractivity contribution in [3.05, 3.63) is 74.2 Å². The molecule has 0 radical (unpaired) electrons. The Labute approximate surface area is 253 Å². The van der Waals surface area contributed by atoms with Gasteiger partial charge in [0.1, 0.15) is 17.4 Å². The van der Waals surface area contributed by atoms with Crippen molar-refractivity contribution in [2.75, 3.05) is 18.9 Å². The van der Waals surface area contributed by atoms with Crippen LogP contribution in [0.1, 0.15) is 42.5 Å². The van der Waals surface area contributed by atoms with Crippen molar-refractivity contribution in [2.45, 2.75) is 57.5 Å². The van der Waals surface area contributed by atoms with E-state index in [-0.39, 0.29) is 39.2 Å². The number of piperidine rings is 1. The second kappa shape index (κ2) is 11.8. The maximum atomic E-state index is 13.2. The zero-order valence-corrected chi connectivity index (χ0v) is 24.9. The van der Waals surface area contributed by atoms with Gasteiger partial charge in [0.2, 0.25) is 0 Å². The van der Waals surface area contributed by atoms with E-state index in [1.54, 1.807) is 19.1 Å². The second-order valence-corrected chi connectivity index (χ2v) is 12.1. The molecule has 2 aliphatic heterocycles. The minimum Gasteiger partial charge on any atom is -0.447 e. The number of cyclic esters (lactones) is 1. The molecule has 2 fully saturated rings. The summed E-state index contributed by atoms with van der Waals surface area (Å²) in [5.74, 6) is 0.456. The van der Waals surface area contributed by atoms with Gasteiger partial charge in [-0.3, -0.25) is 9.36 Å². The van der Waals surface area contributed by atoms with Gasteiger partial charge in [-0.05, 0) is 62.9 Å². The van der Waals surface area contributed by atoms with Gasteiger partial charge in [0.15, 0.2) is 5.60 Å². The van der Waals surface area contributed by atoms with Crippen LogP contribution in [-0.4, -0.2) is 56.0 Å². The molecule has 1 amide bonds. The molecule has 2 unspecified atom stereocenters. The quantitative estimate of drug-likeness (QED) is 0.269. The minimum atomic E-state index is -4.86. The second-order valence-electron chi connectivity index (χ2n) is 10.7. The number of ether oxygens (including phenoxy) is 1. The van der Waals surface area contributed by atoms with Crippen molar-refractivity contribution in [2.24, 2.45) is 0 Å². The first-order chi connectivity index (χ1) is 20.3. The molecule has 14 heteroatoms. The summed E-state index contributed by atoms with van der Waals surface area (Å²) in [7, 11) is 0. The van der Waals surface area contributed by atoms with Gasteiger partial charge in [-0.2, -0.15) is 13.2 Å². The van der Waals surface area contributed by atoms with Crippen LogP contribution in [0.2, 0.25) is 5.02 Å². The molecule has 2 aliphatic rings. The Balaban J connectivity index is 0.000000308. The molecule has 3 N–H and O–H groups in total. The number of aryl methyl sites for hydroxylation is 1. The number of rotatable bonds is 4. The molecule has 4 aromatic rings. The Kier molecular flexibility index (Phi) is 8.43. The van der Waals surface area contributed by atoms with Gasteiger partial charge in [0.05, 0.1) is 28.4 Å². The number of hydrogen-bond donors (Lipinski definition) is 2. The number of hydrogen-bond acceptors (Lipinski definition) is 8. The highest BCUT2D eigenvalue weighted by molar-refractivity contribution is 7.15. The predicted molar refractivity (Wildman–Crippen MR) is 158 cm³/mol. The molecular weight excluding hydrogens is 607 g/mol. The summed E-state index contributed by atoms with van der Waals surface area (Å²) in [6.07, 6.45) is -0.473. The maximum Gasteiger partial charge on any atom is 0.422 e. The summed E-state index contributed by atoms with van der Waals surface area (Å²) in [5, 5.41) is 11.0. The fraction of sp³-hybridized carbons (Fsp3) is 0.379. The van der Waals surface area contributed by atoms with E-state index in [9.17, 15) is 27.9 Å². The number of aromatic nitrogens is 3. The van der Waals surface area contributed by atoms with Crippen LogP contribution in [0.4, 0.5) is 23.7 Å². The number of halogens is 4. The average Bonchev–Trinajstić information content (AvgIpc) is 3.60. The lowest BCUT2D eigenvalue weighted by molar-refractivity contribution is -0.257. The molecule has 6 rings (SSSR count). The Morgan fingerprint density at radius 3 is 2.58 bits per heavy atom. The molecule has 9 nitrogen and oxygen atoms in total. The minimum absolute atomic E-state index is 0.107. The molecule has 0 spiro atoms. The number of alkyl halides is 3. The van der Waals surface area contributed by atoms with E-state index < -0.39 is 11.8 Å². The van der Waals surface area contributed by atoms with Crippen LogP contribution in [0.3, 0.4) is 0 Å². The Bertz CT molecular complexity index is 1720. The largest absolute Gasteiger partial charge is 0.447 e. The standard InChI is InChI=1S/C22H18ClF3N4O2S.C7H11NO2/c1-11-29-17-8-14(19-28-9-18(33-19)21(2,32)22(24,25)26)16(27)7-15(17)20(31)30(11)10-12-3-5-13(23)6-4-12;9-7-8-4-2-1-3-6(8)5-10-7/h3-9,32H,10,27H2,1-2H3;6H,1-5H2. The fourth-order valence-electron chi connectivity index (χ4n) is 4.97. The van der Waals surface area contributed by atoms with Crippen molar-refractivity contribution in [3.63, 3.8) is 0 Å². The average molecular weight is 636 g/mol. The molecule has 0 bridgehead atoms. The first-order valence-corrected chi connectivity index (χ1v) is 14.7. The van der Waals surface area contributed by atoms with Crippen LogP contribution in [0, 0.1) is 6.92 Å². The SMILES string of the molecule is Cc1nc2cc(-c3ncc(C(C)(O)C(F)(F)F)s3)c(N)cc2c(=O)n1Cc1ccc(Cl)cc1.O=C1OCC2CCCCN12. The number of thiazole rings is 1. The van der Waals surface area contributed by atoms with Gasteiger partial charge in [0, 0.05) is 29.0 Å². The number of nitrogens with two attached hydrogens (primary N) is 1. The van der Waals surface area contributed by atoms with Gasteiger partial charge >= 0.3 is 12.3 Å². The number of aliphatic hydroxyl groups is 1. The van der Waals surface area contributed by atoms with Crippen molar-refractivity contribution in [1.29, 1.82) is 0 Å². The van der Waals surface area contributed by atoms with Crippen LogP contribution >= 0.6 is 22.9 Å². The first-order valence-electron chi connectivity index (χ1n) is 13.5. The van der Waals surface area contributed by atoms with Crippen LogP contribution in [-0.2, 0) is 16.9 Å². The van der Waals surface area contributed by atoms with Crippen molar-refractivity contribution in [3.8, 4) is 10.6 Å². The zero-order chi connectivity index (χ0) is 31.1. The van der Waals surface area contributed by atoms with Crippen LogP contribution in [0.25, 0.3) is 21.5 Å². The number of carbonyl (C=O) groups excluding carboxylic acids is 1. The fourth-order valence-corrected chi connectivity index (χ4v) is 6.11. The molecular formula is C29H29ClF3N5O4S.